The summed E-state index contributed by atoms with van der Waals surface area (Å²) < 4.78 is 7.33. The average molecular weight is 205 g/mol. The van der Waals surface area contributed by atoms with Crippen LogP contribution in [0, 0.1) is 6.92 Å². The van der Waals surface area contributed by atoms with Crippen LogP contribution in [0.2, 0.25) is 0 Å². The lowest BCUT2D eigenvalue weighted by molar-refractivity contribution is 0.466. The number of hydrogen-bond acceptors (Lipinski definition) is 3. The van der Waals surface area contributed by atoms with Crippen LogP contribution < -0.4 is 5.73 Å². The van der Waals surface area contributed by atoms with E-state index in [-0.39, 0.29) is 6.04 Å². The van der Waals surface area contributed by atoms with Crippen molar-refractivity contribution in [2.45, 2.75) is 26.4 Å². The minimum atomic E-state index is -0.223. The number of aryl methyl sites for hydroxylation is 2. The summed E-state index contributed by atoms with van der Waals surface area (Å²) in [5.41, 5.74) is 7.03. The Morgan fingerprint density at radius 3 is 2.87 bits per heavy atom. The fourth-order valence-corrected chi connectivity index (χ4v) is 1.50. The maximum Gasteiger partial charge on any atom is 0.125 e. The third-order valence-corrected chi connectivity index (χ3v) is 2.40. The number of nitrogens with zero attached hydrogens (tertiary/aromatic N) is 2. The van der Waals surface area contributed by atoms with Gasteiger partial charge in [-0.3, -0.25) is 4.68 Å². The molecule has 15 heavy (non-hydrogen) atoms. The molecule has 2 aromatic rings. The molecule has 0 saturated carbocycles. The topological polar surface area (TPSA) is 57.0 Å². The van der Waals surface area contributed by atoms with E-state index >= 15 is 0 Å². The molecule has 4 nitrogen and oxygen atoms in total. The molecule has 0 aliphatic heterocycles. The fraction of sp³-hybridized carbons (Fsp3) is 0.364. The molecule has 80 valence electrons. The van der Waals surface area contributed by atoms with Crippen molar-refractivity contribution < 1.29 is 4.42 Å². The van der Waals surface area contributed by atoms with Crippen LogP contribution in [-0.4, -0.2) is 9.78 Å². The standard InChI is InChI=1S/C11H15N3O/c1-3-14-7-9(6-13-14)11(12)10-5-4-8(2)15-10/h4-7,11H,3,12H2,1-2H3. The van der Waals surface area contributed by atoms with Crippen LogP contribution >= 0.6 is 0 Å². The Labute approximate surface area is 88.7 Å². The van der Waals surface area contributed by atoms with Gasteiger partial charge in [0, 0.05) is 18.3 Å². The van der Waals surface area contributed by atoms with Crippen molar-refractivity contribution in [3.63, 3.8) is 0 Å². The maximum absolute atomic E-state index is 6.05. The SMILES string of the molecule is CCn1cc(C(N)c2ccc(C)o2)cn1. The first-order chi connectivity index (χ1) is 7.20. The molecule has 2 rings (SSSR count). The molecule has 1 atom stereocenters. The van der Waals surface area contributed by atoms with Crippen LogP contribution in [0.1, 0.15) is 30.0 Å². The van der Waals surface area contributed by atoms with Crippen molar-refractivity contribution in [1.29, 1.82) is 0 Å². The molecule has 0 radical (unpaired) electrons. The monoisotopic (exact) mass is 205 g/mol. The summed E-state index contributed by atoms with van der Waals surface area (Å²) in [4.78, 5) is 0. The molecule has 0 aliphatic rings. The van der Waals surface area contributed by atoms with Crippen molar-refractivity contribution in [3.05, 3.63) is 41.6 Å². The van der Waals surface area contributed by atoms with Crippen LogP contribution in [0.3, 0.4) is 0 Å². The third-order valence-electron chi connectivity index (χ3n) is 2.40. The first kappa shape index (κ1) is 9.98. The Morgan fingerprint density at radius 1 is 1.53 bits per heavy atom. The molecule has 2 heterocycles. The Kier molecular flexibility index (Phi) is 2.60. The normalized spacial score (nSPS) is 13.0. The van der Waals surface area contributed by atoms with Gasteiger partial charge in [0.1, 0.15) is 11.5 Å². The third kappa shape index (κ3) is 1.94. The Bertz CT molecular complexity index is 444. The highest BCUT2D eigenvalue weighted by atomic mass is 16.3. The van der Waals surface area contributed by atoms with Gasteiger partial charge in [0.05, 0.1) is 12.2 Å². The molecule has 0 fully saturated rings. The van der Waals surface area contributed by atoms with Crippen LogP contribution in [0.5, 0.6) is 0 Å². The highest BCUT2D eigenvalue weighted by molar-refractivity contribution is 5.22. The van der Waals surface area contributed by atoms with E-state index in [9.17, 15) is 0 Å². The summed E-state index contributed by atoms with van der Waals surface area (Å²) in [6.07, 6.45) is 3.73. The lowest BCUT2D eigenvalue weighted by Gasteiger charge is -2.04. The largest absolute Gasteiger partial charge is 0.464 e. The van der Waals surface area contributed by atoms with E-state index in [2.05, 4.69) is 5.10 Å². The molecule has 0 aliphatic carbocycles. The zero-order valence-corrected chi connectivity index (χ0v) is 8.97. The lowest BCUT2D eigenvalue weighted by Crippen LogP contribution is -2.10. The van der Waals surface area contributed by atoms with Crippen molar-refractivity contribution in [2.75, 3.05) is 0 Å². The molecule has 2 aromatic heterocycles. The highest BCUT2D eigenvalue weighted by Crippen LogP contribution is 2.20. The molecule has 0 saturated heterocycles. The van der Waals surface area contributed by atoms with Gasteiger partial charge in [-0.05, 0) is 26.0 Å². The number of hydrogen-bond donors (Lipinski definition) is 1. The molecular weight excluding hydrogens is 190 g/mol. The lowest BCUT2D eigenvalue weighted by atomic mass is 10.1. The van der Waals surface area contributed by atoms with Gasteiger partial charge >= 0.3 is 0 Å². The van der Waals surface area contributed by atoms with Gasteiger partial charge < -0.3 is 10.2 Å². The molecule has 0 spiro atoms. The van der Waals surface area contributed by atoms with Gasteiger partial charge in [0.2, 0.25) is 0 Å². The second kappa shape index (κ2) is 3.90. The average Bonchev–Trinajstić information content (AvgIpc) is 2.84. The summed E-state index contributed by atoms with van der Waals surface area (Å²) in [7, 11) is 0. The molecular formula is C11H15N3O. The number of rotatable bonds is 3. The van der Waals surface area contributed by atoms with E-state index < -0.39 is 0 Å². The first-order valence-electron chi connectivity index (χ1n) is 5.05. The Morgan fingerprint density at radius 2 is 2.33 bits per heavy atom. The Hall–Kier alpha value is -1.55. The van der Waals surface area contributed by atoms with Gasteiger partial charge in [-0.1, -0.05) is 0 Å². The predicted octanol–water partition coefficient (Wildman–Crippen LogP) is 1.85. The van der Waals surface area contributed by atoms with E-state index in [1.54, 1.807) is 6.20 Å². The van der Waals surface area contributed by atoms with Gasteiger partial charge in [-0.25, -0.2) is 0 Å². The number of aromatic nitrogens is 2. The quantitative estimate of drug-likeness (QED) is 0.832. The molecule has 0 aromatic carbocycles. The molecule has 0 bridgehead atoms. The van der Waals surface area contributed by atoms with Gasteiger partial charge in [0.15, 0.2) is 0 Å². The van der Waals surface area contributed by atoms with Crippen molar-refractivity contribution in [1.82, 2.24) is 9.78 Å². The zero-order chi connectivity index (χ0) is 10.8. The van der Waals surface area contributed by atoms with Gasteiger partial charge in [-0.2, -0.15) is 5.10 Å². The summed E-state index contributed by atoms with van der Waals surface area (Å²) in [5.74, 6) is 1.66. The second-order valence-corrected chi connectivity index (χ2v) is 3.56. The minimum Gasteiger partial charge on any atom is -0.464 e. The fourth-order valence-electron chi connectivity index (χ4n) is 1.50. The summed E-state index contributed by atoms with van der Waals surface area (Å²) in [6.45, 7) is 4.80. The van der Waals surface area contributed by atoms with Crippen LogP contribution in [0.25, 0.3) is 0 Å². The molecule has 1 unspecified atom stereocenters. The second-order valence-electron chi connectivity index (χ2n) is 3.56. The van der Waals surface area contributed by atoms with Crippen LogP contribution in [0.4, 0.5) is 0 Å². The van der Waals surface area contributed by atoms with Gasteiger partial charge in [-0.15, -0.1) is 0 Å². The molecule has 2 N–H and O–H groups in total. The van der Waals surface area contributed by atoms with Crippen LogP contribution in [-0.2, 0) is 6.54 Å². The van der Waals surface area contributed by atoms with Crippen LogP contribution in [0.15, 0.2) is 28.9 Å². The zero-order valence-electron chi connectivity index (χ0n) is 8.97. The maximum atomic E-state index is 6.05. The predicted molar refractivity (Wildman–Crippen MR) is 57.4 cm³/mol. The molecule has 0 amide bonds. The first-order valence-corrected chi connectivity index (χ1v) is 5.05. The van der Waals surface area contributed by atoms with E-state index in [0.717, 1.165) is 23.6 Å². The summed E-state index contributed by atoms with van der Waals surface area (Å²) >= 11 is 0. The van der Waals surface area contributed by atoms with Crippen molar-refractivity contribution in [3.8, 4) is 0 Å². The number of nitrogens with two attached hydrogens (primary N) is 1. The minimum absolute atomic E-state index is 0.223. The summed E-state index contributed by atoms with van der Waals surface area (Å²) in [5, 5.41) is 4.18. The van der Waals surface area contributed by atoms with Crippen molar-refractivity contribution >= 4 is 0 Å². The van der Waals surface area contributed by atoms with E-state index in [0.29, 0.717) is 0 Å². The number of furan rings is 1. The summed E-state index contributed by atoms with van der Waals surface area (Å²) in [6, 6.07) is 3.60. The van der Waals surface area contributed by atoms with Crippen molar-refractivity contribution in [2.24, 2.45) is 5.73 Å². The molecule has 4 heteroatoms. The smallest absolute Gasteiger partial charge is 0.125 e. The highest BCUT2D eigenvalue weighted by Gasteiger charge is 2.14. The van der Waals surface area contributed by atoms with E-state index in [4.69, 9.17) is 10.2 Å². The van der Waals surface area contributed by atoms with Gasteiger partial charge in [0.25, 0.3) is 0 Å². The Balaban J connectivity index is 2.23. The van der Waals surface area contributed by atoms with E-state index in [1.165, 1.54) is 0 Å². The van der Waals surface area contributed by atoms with E-state index in [1.807, 2.05) is 36.9 Å².